The van der Waals surface area contributed by atoms with Crippen LogP contribution >= 0.6 is 12.2 Å². The lowest BCUT2D eigenvalue weighted by Crippen LogP contribution is -2.65. The van der Waals surface area contributed by atoms with Gasteiger partial charge < -0.3 is 5.32 Å². The van der Waals surface area contributed by atoms with Crippen molar-refractivity contribution in [3.63, 3.8) is 0 Å². The van der Waals surface area contributed by atoms with Crippen LogP contribution in [0.15, 0.2) is 18.2 Å². The van der Waals surface area contributed by atoms with Gasteiger partial charge in [-0.25, -0.2) is 22.0 Å². The number of nitrogens with zero attached hydrogens (tertiary/aromatic N) is 1. The summed E-state index contributed by atoms with van der Waals surface area (Å²) in [6, 6.07) is 1.60. The number of thiocarbonyl (C=S) groups is 1. The Labute approximate surface area is 126 Å². The average Bonchev–Trinajstić information content (AvgIpc) is 2.41. The molecule has 0 aliphatic carbocycles. The van der Waals surface area contributed by atoms with Crippen LogP contribution in [0.3, 0.4) is 0 Å². The fraction of sp³-hybridized carbons (Fsp3) is 0.417. The van der Waals surface area contributed by atoms with E-state index in [0.717, 1.165) is 0 Å². The standard InChI is InChI=1S/C12H9F5N2O2S/c13-8-2-1-6(19(20)21)5-7(8)12(10(14)15)11(16,17)4-3-9(22)18-12/h1-2,5,10H,3-4H2,(H,18,22). The predicted octanol–water partition coefficient (Wildman–Crippen LogP) is 3.54. The van der Waals surface area contributed by atoms with Crippen molar-refractivity contribution in [2.45, 2.75) is 30.7 Å². The molecule has 1 fully saturated rings. The molecule has 1 aromatic rings. The molecule has 0 bridgehead atoms. The summed E-state index contributed by atoms with van der Waals surface area (Å²) >= 11 is 4.67. The molecular formula is C12H9F5N2O2S. The second-order valence-corrected chi connectivity index (χ2v) is 5.28. The molecule has 1 atom stereocenters. The molecule has 1 N–H and O–H groups in total. The van der Waals surface area contributed by atoms with E-state index >= 15 is 0 Å². The highest BCUT2D eigenvalue weighted by atomic mass is 32.1. The summed E-state index contributed by atoms with van der Waals surface area (Å²) in [5.74, 6) is -5.44. The summed E-state index contributed by atoms with van der Waals surface area (Å²) in [5, 5.41) is 12.5. The summed E-state index contributed by atoms with van der Waals surface area (Å²) in [7, 11) is 0. The van der Waals surface area contributed by atoms with Gasteiger partial charge in [0.2, 0.25) is 0 Å². The first kappa shape index (κ1) is 16.5. The van der Waals surface area contributed by atoms with Gasteiger partial charge in [-0.1, -0.05) is 12.2 Å². The average molecular weight is 340 g/mol. The predicted molar refractivity (Wildman–Crippen MR) is 70.7 cm³/mol. The van der Waals surface area contributed by atoms with Crippen LogP contribution in [0.2, 0.25) is 0 Å². The Hall–Kier alpha value is -1.84. The number of non-ortho nitro benzene ring substituents is 1. The number of halogens is 5. The third-order valence-electron chi connectivity index (χ3n) is 3.49. The quantitative estimate of drug-likeness (QED) is 0.396. The summed E-state index contributed by atoms with van der Waals surface area (Å²) in [4.78, 5) is 9.44. The van der Waals surface area contributed by atoms with E-state index in [1.807, 2.05) is 5.32 Å². The van der Waals surface area contributed by atoms with Gasteiger partial charge in [0.15, 0.2) is 5.54 Å². The van der Waals surface area contributed by atoms with Gasteiger partial charge in [0, 0.05) is 30.5 Å². The van der Waals surface area contributed by atoms with E-state index in [2.05, 4.69) is 12.2 Å². The second-order valence-electron chi connectivity index (χ2n) is 4.78. The van der Waals surface area contributed by atoms with Crippen molar-refractivity contribution >= 4 is 22.9 Å². The summed E-state index contributed by atoms with van der Waals surface area (Å²) in [5.41, 5.74) is -5.38. The van der Waals surface area contributed by atoms with E-state index in [9.17, 15) is 32.1 Å². The maximum atomic E-state index is 14.2. The van der Waals surface area contributed by atoms with E-state index in [1.54, 1.807) is 0 Å². The molecule has 1 heterocycles. The van der Waals surface area contributed by atoms with Crippen LogP contribution in [0, 0.1) is 15.9 Å². The Morgan fingerprint density at radius 1 is 1.36 bits per heavy atom. The zero-order valence-electron chi connectivity index (χ0n) is 10.8. The lowest BCUT2D eigenvalue weighted by atomic mass is 9.78. The zero-order chi connectivity index (χ0) is 16.7. The van der Waals surface area contributed by atoms with E-state index in [1.165, 1.54) is 0 Å². The first-order valence-corrected chi connectivity index (χ1v) is 6.44. The van der Waals surface area contributed by atoms with Crippen molar-refractivity contribution in [1.29, 1.82) is 0 Å². The Bertz CT molecular complexity index is 640. The third-order valence-corrected chi connectivity index (χ3v) is 3.80. The summed E-state index contributed by atoms with van der Waals surface area (Å²) < 4.78 is 69.3. The van der Waals surface area contributed by atoms with E-state index < -0.39 is 46.3 Å². The molecule has 0 spiro atoms. The highest BCUT2D eigenvalue weighted by Crippen LogP contribution is 2.48. The first-order valence-electron chi connectivity index (χ1n) is 6.03. The smallest absolute Gasteiger partial charge is 0.280 e. The molecule has 2 rings (SSSR count). The maximum Gasteiger partial charge on any atom is 0.280 e. The lowest BCUT2D eigenvalue weighted by Gasteiger charge is -2.44. The van der Waals surface area contributed by atoms with Gasteiger partial charge in [0.1, 0.15) is 5.82 Å². The van der Waals surface area contributed by atoms with Crippen LogP contribution in [-0.4, -0.2) is 22.3 Å². The van der Waals surface area contributed by atoms with Crippen molar-refractivity contribution in [3.8, 4) is 0 Å². The number of alkyl halides is 4. The lowest BCUT2D eigenvalue weighted by molar-refractivity contribution is -0.385. The van der Waals surface area contributed by atoms with Gasteiger partial charge in [0.05, 0.1) is 9.91 Å². The zero-order valence-corrected chi connectivity index (χ0v) is 11.6. The van der Waals surface area contributed by atoms with Crippen LogP contribution in [0.5, 0.6) is 0 Å². The SMILES string of the molecule is O=[N+]([O-])c1ccc(F)c(C2(C(F)F)NC(=S)CCC2(F)F)c1. The number of piperidine rings is 1. The van der Waals surface area contributed by atoms with E-state index in [-0.39, 0.29) is 11.4 Å². The van der Waals surface area contributed by atoms with Crippen molar-refractivity contribution in [2.75, 3.05) is 0 Å². The van der Waals surface area contributed by atoms with E-state index in [0.29, 0.717) is 18.2 Å². The minimum Gasteiger partial charge on any atom is -0.360 e. The number of nitro benzene ring substituents is 1. The van der Waals surface area contributed by atoms with Crippen molar-refractivity contribution in [3.05, 3.63) is 39.7 Å². The molecular weight excluding hydrogens is 331 g/mol. The number of benzene rings is 1. The van der Waals surface area contributed by atoms with Crippen molar-refractivity contribution in [1.82, 2.24) is 5.32 Å². The molecule has 4 nitrogen and oxygen atoms in total. The Kier molecular flexibility index (Phi) is 4.07. The topological polar surface area (TPSA) is 55.2 Å². The molecule has 1 unspecified atom stereocenters. The van der Waals surface area contributed by atoms with Crippen LogP contribution in [0.1, 0.15) is 18.4 Å². The van der Waals surface area contributed by atoms with Gasteiger partial charge in [-0.3, -0.25) is 10.1 Å². The van der Waals surface area contributed by atoms with Gasteiger partial charge in [0.25, 0.3) is 18.0 Å². The highest BCUT2D eigenvalue weighted by molar-refractivity contribution is 7.80. The fourth-order valence-corrected chi connectivity index (χ4v) is 2.63. The molecule has 0 aromatic heterocycles. The summed E-state index contributed by atoms with van der Waals surface area (Å²) in [6.07, 6.45) is -5.09. The normalized spacial score (nSPS) is 24.2. The Morgan fingerprint density at radius 2 is 2.00 bits per heavy atom. The maximum absolute atomic E-state index is 14.2. The van der Waals surface area contributed by atoms with Gasteiger partial charge in [-0.15, -0.1) is 0 Å². The number of hydrogen-bond donors (Lipinski definition) is 1. The highest BCUT2D eigenvalue weighted by Gasteiger charge is 2.64. The molecule has 10 heteroatoms. The number of rotatable bonds is 3. The van der Waals surface area contributed by atoms with Crippen LogP contribution in [-0.2, 0) is 5.54 Å². The molecule has 1 saturated heterocycles. The Balaban J connectivity index is 2.73. The molecule has 22 heavy (non-hydrogen) atoms. The van der Waals surface area contributed by atoms with Crippen LogP contribution in [0.4, 0.5) is 27.6 Å². The minimum absolute atomic E-state index is 0.280. The molecule has 1 aliphatic rings. The van der Waals surface area contributed by atoms with Crippen molar-refractivity contribution in [2.24, 2.45) is 0 Å². The first-order chi connectivity index (χ1) is 10.1. The summed E-state index contributed by atoms with van der Waals surface area (Å²) in [6.45, 7) is 0. The molecule has 0 saturated carbocycles. The van der Waals surface area contributed by atoms with Crippen LogP contribution in [0.25, 0.3) is 0 Å². The third kappa shape index (κ3) is 2.40. The Morgan fingerprint density at radius 3 is 2.55 bits per heavy atom. The fourth-order valence-electron chi connectivity index (χ4n) is 2.37. The molecule has 1 aliphatic heterocycles. The molecule has 0 radical (unpaired) electrons. The minimum atomic E-state index is -4.04. The van der Waals surface area contributed by atoms with Crippen molar-refractivity contribution < 1.29 is 26.9 Å². The van der Waals surface area contributed by atoms with Gasteiger partial charge in [-0.05, 0) is 6.07 Å². The second kappa shape index (κ2) is 5.41. The largest absolute Gasteiger partial charge is 0.360 e. The molecule has 0 amide bonds. The van der Waals surface area contributed by atoms with Crippen LogP contribution < -0.4 is 5.32 Å². The monoisotopic (exact) mass is 340 g/mol. The number of nitro groups is 1. The molecule has 1 aromatic carbocycles. The van der Waals surface area contributed by atoms with E-state index in [4.69, 9.17) is 0 Å². The number of nitrogens with one attached hydrogen (secondary N) is 1. The number of hydrogen-bond acceptors (Lipinski definition) is 3. The molecule has 120 valence electrons. The van der Waals surface area contributed by atoms with Gasteiger partial charge in [-0.2, -0.15) is 0 Å². The van der Waals surface area contributed by atoms with Gasteiger partial charge >= 0.3 is 0 Å².